The van der Waals surface area contributed by atoms with E-state index in [1.165, 1.54) is 16.7 Å². The first-order valence-corrected chi connectivity index (χ1v) is 12.9. The minimum absolute atomic E-state index is 0.170. The van der Waals surface area contributed by atoms with Gasteiger partial charge in [-0.1, -0.05) is 72.3 Å². The zero-order chi connectivity index (χ0) is 24.7. The number of benzene rings is 2. The zero-order valence-corrected chi connectivity index (χ0v) is 21.1. The van der Waals surface area contributed by atoms with Crippen LogP contribution in [0.25, 0.3) is 0 Å². The van der Waals surface area contributed by atoms with Crippen molar-refractivity contribution in [1.82, 2.24) is 19.8 Å². The van der Waals surface area contributed by atoms with Gasteiger partial charge in [-0.2, -0.15) is 0 Å². The lowest BCUT2D eigenvalue weighted by Crippen LogP contribution is -2.33. The minimum Gasteiger partial charge on any atom is -0.363 e. The summed E-state index contributed by atoms with van der Waals surface area (Å²) in [5.41, 5.74) is 7.23. The summed E-state index contributed by atoms with van der Waals surface area (Å²) >= 11 is 6.19. The van der Waals surface area contributed by atoms with Gasteiger partial charge in [-0.15, -0.1) is 0 Å². The van der Waals surface area contributed by atoms with Crippen molar-refractivity contribution in [2.75, 3.05) is 13.1 Å². The number of pyridine rings is 2. The summed E-state index contributed by atoms with van der Waals surface area (Å²) in [5.74, 6) is 0. The molecule has 4 aromatic rings. The zero-order valence-electron chi connectivity index (χ0n) is 20.4. The Kier molecular flexibility index (Phi) is 7.91. The highest BCUT2D eigenvalue weighted by molar-refractivity contribution is 6.31. The van der Waals surface area contributed by atoms with E-state index in [0.29, 0.717) is 0 Å². The molecule has 2 aromatic heterocycles. The summed E-state index contributed by atoms with van der Waals surface area (Å²) in [6.07, 6.45) is 5.38. The fourth-order valence-electron chi connectivity index (χ4n) is 4.97. The van der Waals surface area contributed by atoms with Crippen molar-refractivity contribution in [3.63, 3.8) is 0 Å². The molecule has 1 N–H and O–H groups in total. The molecule has 6 heteroatoms. The van der Waals surface area contributed by atoms with Gasteiger partial charge in [0.25, 0.3) is 0 Å². The predicted molar refractivity (Wildman–Crippen MR) is 145 cm³/mol. The first kappa shape index (κ1) is 24.4. The van der Waals surface area contributed by atoms with Gasteiger partial charge in [0, 0.05) is 74.0 Å². The molecule has 4 heterocycles. The molecule has 0 spiro atoms. The third-order valence-corrected chi connectivity index (χ3v) is 7.21. The standard InChI is InChI=1S/C15H15ClN2.C15H16N2O/c16-14-6-8-17-15-11-18(9-7-13(14)15)10-12-4-2-1-3-5-12;18-15-6-8-16-14-11-17(9-7-13(14)15)10-12-4-2-1-3-5-12/h1-6,8H,7,9-11H2;1-6,8H,7,9-11H2,(H,16,18). The Hall–Kier alpha value is -3.25. The molecule has 0 aliphatic carbocycles. The molecule has 5 nitrogen and oxygen atoms in total. The second-order valence-electron chi connectivity index (χ2n) is 9.41. The Morgan fingerprint density at radius 2 is 1.39 bits per heavy atom. The summed E-state index contributed by atoms with van der Waals surface area (Å²) in [6, 6.07) is 24.5. The monoisotopic (exact) mass is 498 g/mol. The number of fused-ring (bicyclic) bond motifs is 2. The van der Waals surface area contributed by atoms with Crippen LogP contribution in [0.5, 0.6) is 0 Å². The SMILES string of the molecule is Clc1ccnc2c1CCN(Cc1ccccc1)C2.O=c1cc[nH]c2c1CCN(Cc1ccccc1)C2. The van der Waals surface area contributed by atoms with Gasteiger partial charge in [-0.3, -0.25) is 19.6 Å². The van der Waals surface area contributed by atoms with Crippen molar-refractivity contribution in [3.8, 4) is 0 Å². The average Bonchev–Trinajstić information content (AvgIpc) is 2.91. The van der Waals surface area contributed by atoms with E-state index in [4.69, 9.17) is 11.6 Å². The van der Waals surface area contributed by atoms with Crippen molar-refractivity contribution in [2.24, 2.45) is 0 Å². The minimum atomic E-state index is 0.170. The Labute approximate surface area is 217 Å². The number of halogens is 1. The maximum absolute atomic E-state index is 11.7. The van der Waals surface area contributed by atoms with E-state index in [0.717, 1.165) is 74.1 Å². The lowest BCUT2D eigenvalue weighted by molar-refractivity contribution is 0.241. The maximum Gasteiger partial charge on any atom is 0.185 e. The summed E-state index contributed by atoms with van der Waals surface area (Å²) in [4.78, 5) is 24.1. The summed E-state index contributed by atoms with van der Waals surface area (Å²) in [5, 5.41) is 0.861. The Morgan fingerprint density at radius 3 is 2.06 bits per heavy atom. The number of aromatic nitrogens is 2. The van der Waals surface area contributed by atoms with Crippen LogP contribution < -0.4 is 5.43 Å². The molecule has 0 bridgehead atoms. The van der Waals surface area contributed by atoms with Gasteiger partial charge in [0.1, 0.15) is 0 Å². The van der Waals surface area contributed by atoms with E-state index in [1.54, 1.807) is 18.5 Å². The molecular formula is C30H31ClN4O. The van der Waals surface area contributed by atoms with Gasteiger partial charge in [0.05, 0.1) is 5.69 Å². The molecule has 2 aliphatic heterocycles. The fourth-order valence-corrected chi connectivity index (χ4v) is 5.22. The van der Waals surface area contributed by atoms with Crippen molar-refractivity contribution < 1.29 is 0 Å². The largest absolute Gasteiger partial charge is 0.363 e. The van der Waals surface area contributed by atoms with Crippen molar-refractivity contribution in [3.05, 3.63) is 134 Å². The highest BCUT2D eigenvalue weighted by Crippen LogP contribution is 2.25. The third-order valence-electron chi connectivity index (χ3n) is 6.85. The Bertz CT molecular complexity index is 1340. The van der Waals surface area contributed by atoms with Crippen LogP contribution in [0, 0.1) is 0 Å². The maximum atomic E-state index is 11.7. The number of aromatic amines is 1. The highest BCUT2D eigenvalue weighted by atomic mass is 35.5. The second kappa shape index (κ2) is 11.7. The van der Waals surface area contributed by atoms with Crippen LogP contribution in [0.4, 0.5) is 0 Å². The molecule has 0 atom stereocenters. The van der Waals surface area contributed by atoms with Gasteiger partial charge in [-0.25, -0.2) is 0 Å². The number of hydrogen-bond acceptors (Lipinski definition) is 4. The van der Waals surface area contributed by atoms with Crippen molar-refractivity contribution in [2.45, 2.75) is 39.0 Å². The summed E-state index contributed by atoms with van der Waals surface area (Å²) < 4.78 is 0. The second-order valence-corrected chi connectivity index (χ2v) is 9.82. The molecule has 2 aliphatic rings. The number of H-pyrrole nitrogens is 1. The molecular weight excluding hydrogens is 468 g/mol. The number of rotatable bonds is 4. The summed E-state index contributed by atoms with van der Waals surface area (Å²) in [7, 11) is 0. The van der Waals surface area contributed by atoms with Crippen molar-refractivity contribution >= 4 is 11.6 Å². The Balaban J connectivity index is 0.000000148. The number of nitrogens with zero attached hydrogens (tertiary/aromatic N) is 3. The first-order chi connectivity index (χ1) is 17.7. The van der Waals surface area contributed by atoms with Crippen LogP contribution in [0.15, 0.2) is 90.0 Å². The van der Waals surface area contributed by atoms with Crippen LogP contribution >= 0.6 is 11.6 Å². The molecule has 36 heavy (non-hydrogen) atoms. The Morgan fingerprint density at radius 1 is 0.778 bits per heavy atom. The van der Waals surface area contributed by atoms with E-state index < -0.39 is 0 Å². The smallest absolute Gasteiger partial charge is 0.185 e. The van der Waals surface area contributed by atoms with Crippen LogP contribution in [-0.4, -0.2) is 32.9 Å². The lowest BCUT2D eigenvalue weighted by atomic mass is 10.0. The molecule has 0 saturated carbocycles. The van der Waals surface area contributed by atoms with Gasteiger partial charge < -0.3 is 4.98 Å². The molecule has 0 saturated heterocycles. The molecule has 0 fully saturated rings. The van der Waals surface area contributed by atoms with Crippen LogP contribution in [0.1, 0.15) is 33.6 Å². The third kappa shape index (κ3) is 6.11. The number of hydrogen-bond donors (Lipinski definition) is 1. The predicted octanol–water partition coefficient (Wildman–Crippen LogP) is 5.23. The normalized spacial score (nSPS) is 15.4. The summed E-state index contributed by atoms with van der Waals surface area (Å²) in [6.45, 7) is 5.65. The van der Waals surface area contributed by atoms with Gasteiger partial charge in [0.2, 0.25) is 0 Å². The van der Waals surface area contributed by atoms with Crippen molar-refractivity contribution in [1.29, 1.82) is 0 Å². The van der Waals surface area contributed by atoms with E-state index in [2.05, 4.69) is 74.4 Å². The average molecular weight is 499 g/mol. The molecule has 6 rings (SSSR count). The molecule has 0 amide bonds. The quantitative estimate of drug-likeness (QED) is 0.419. The van der Waals surface area contributed by atoms with E-state index >= 15 is 0 Å². The van der Waals surface area contributed by atoms with Gasteiger partial charge >= 0.3 is 0 Å². The molecule has 2 aromatic carbocycles. The fraction of sp³-hybridized carbons (Fsp3) is 0.267. The molecule has 0 radical (unpaired) electrons. The first-order valence-electron chi connectivity index (χ1n) is 12.5. The van der Waals surface area contributed by atoms with Gasteiger partial charge in [-0.05, 0) is 35.6 Å². The van der Waals surface area contributed by atoms with Crippen LogP contribution in [0.3, 0.4) is 0 Å². The number of nitrogens with one attached hydrogen (secondary N) is 1. The molecule has 184 valence electrons. The topological polar surface area (TPSA) is 52.2 Å². The highest BCUT2D eigenvalue weighted by Gasteiger charge is 2.20. The van der Waals surface area contributed by atoms with Crippen LogP contribution in [-0.2, 0) is 39.0 Å². The lowest BCUT2D eigenvalue weighted by Gasteiger charge is -2.28. The van der Waals surface area contributed by atoms with E-state index in [-0.39, 0.29) is 5.43 Å². The molecule has 0 unspecified atom stereocenters. The van der Waals surface area contributed by atoms with Crippen LogP contribution in [0.2, 0.25) is 5.02 Å². The van der Waals surface area contributed by atoms with E-state index in [9.17, 15) is 4.79 Å². The van der Waals surface area contributed by atoms with E-state index in [1.807, 2.05) is 12.1 Å². The van der Waals surface area contributed by atoms with Gasteiger partial charge in [0.15, 0.2) is 5.43 Å².